The molecular formula is C14H19NO2. The molecule has 0 spiro atoms. The molecular weight excluding hydrogens is 214 g/mol. The largest absolute Gasteiger partial charge is 0.453 e. The SMILES string of the molecule is CC(=O)O[C@@]1(c2ccccc2)CCN(C)[C@H]1C. The molecule has 0 amide bonds. The summed E-state index contributed by atoms with van der Waals surface area (Å²) < 4.78 is 5.69. The van der Waals surface area contributed by atoms with Crippen LogP contribution in [0.3, 0.4) is 0 Å². The van der Waals surface area contributed by atoms with Gasteiger partial charge in [-0.3, -0.25) is 9.69 Å². The molecule has 0 radical (unpaired) electrons. The van der Waals surface area contributed by atoms with Gasteiger partial charge >= 0.3 is 5.97 Å². The summed E-state index contributed by atoms with van der Waals surface area (Å²) in [5.74, 6) is -0.212. The average Bonchev–Trinajstić information content (AvgIpc) is 2.59. The van der Waals surface area contributed by atoms with E-state index in [0.717, 1.165) is 18.5 Å². The van der Waals surface area contributed by atoms with Crippen LogP contribution in [0.15, 0.2) is 30.3 Å². The molecule has 0 unspecified atom stereocenters. The summed E-state index contributed by atoms with van der Waals surface area (Å²) in [6.07, 6.45) is 0.855. The third-order valence-corrected chi connectivity index (χ3v) is 3.76. The number of ether oxygens (including phenoxy) is 1. The van der Waals surface area contributed by atoms with Gasteiger partial charge in [0.2, 0.25) is 0 Å². The fourth-order valence-electron chi connectivity index (χ4n) is 2.66. The van der Waals surface area contributed by atoms with Crippen LogP contribution in [0.1, 0.15) is 25.8 Å². The van der Waals surface area contributed by atoms with E-state index in [1.807, 2.05) is 30.3 Å². The average molecular weight is 233 g/mol. The first-order valence-corrected chi connectivity index (χ1v) is 6.01. The smallest absolute Gasteiger partial charge is 0.303 e. The molecule has 17 heavy (non-hydrogen) atoms. The van der Waals surface area contributed by atoms with Crippen molar-refractivity contribution in [1.29, 1.82) is 0 Å². The summed E-state index contributed by atoms with van der Waals surface area (Å²) in [6, 6.07) is 10.2. The molecule has 1 aromatic rings. The second-order valence-electron chi connectivity index (χ2n) is 4.76. The molecule has 3 heteroatoms. The van der Waals surface area contributed by atoms with E-state index in [0.29, 0.717) is 0 Å². The van der Waals surface area contributed by atoms with E-state index in [1.54, 1.807) is 0 Å². The summed E-state index contributed by atoms with van der Waals surface area (Å²) in [6.45, 7) is 4.54. The fourth-order valence-corrected chi connectivity index (χ4v) is 2.66. The van der Waals surface area contributed by atoms with Crippen LogP contribution in [0.2, 0.25) is 0 Å². The zero-order valence-electron chi connectivity index (χ0n) is 10.6. The third kappa shape index (κ3) is 2.07. The molecule has 2 atom stereocenters. The van der Waals surface area contributed by atoms with E-state index in [2.05, 4.69) is 18.9 Å². The highest BCUT2D eigenvalue weighted by Gasteiger charge is 2.47. The number of benzene rings is 1. The van der Waals surface area contributed by atoms with Crippen LogP contribution < -0.4 is 0 Å². The van der Waals surface area contributed by atoms with Crippen LogP contribution in [-0.2, 0) is 15.1 Å². The number of likely N-dealkylation sites (N-methyl/N-ethyl adjacent to an activating group) is 1. The minimum Gasteiger partial charge on any atom is -0.453 e. The van der Waals surface area contributed by atoms with E-state index in [1.165, 1.54) is 6.92 Å². The second-order valence-corrected chi connectivity index (χ2v) is 4.76. The van der Waals surface area contributed by atoms with Gasteiger partial charge in [0.15, 0.2) is 5.60 Å². The van der Waals surface area contributed by atoms with E-state index >= 15 is 0 Å². The van der Waals surface area contributed by atoms with Crippen molar-refractivity contribution >= 4 is 5.97 Å². The van der Waals surface area contributed by atoms with Crippen molar-refractivity contribution in [2.24, 2.45) is 0 Å². The lowest BCUT2D eigenvalue weighted by Crippen LogP contribution is -2.42. The summed E-state index contributed by atoms with van der Waals surface area (Å²) in [5, 5.41) is 0. The number of hydrogen-bond donors (Lipinski definition) is 0. The minimum atomic E-state index is -0.484. The normalized spacial score (nSPS) is 29.2. The maximum Gasteiger partial charge on any atom is 0.303 e. The van der Waals surface area contributed by atoms with Crippen LogP contribution in [0.5, 0.6) is 0 Å². The molecule has 2 rings (SSSR count). The Kier molecular flexibility index (Phi) is 3.20. The summed E-state index contributed by atoms with van der Waals surface area (Å²) in [7, 11) is 2.07. The van der Waals surface area contributed by atoms with Gasteiger partial charge in [-0.25, -0.2) is 0 Å². The van der Waals surface area contributed by atoms with Gasteiger partial charge in [-0.05, 0) is 19.5 Å². The summed E-state index contributed by atoms with van der Waals surface area (Å²) in [4.78, 5) is 13.6. The molecule has 0 saturated carbocycles. The predicted octanol–water partition coefficient (Wildman–Crippen LogP) is 2.17. The Morgan fingerprint density at radius 3 is 2.53 bits per heavy atom. The summed E-state index contributed by atoms with van der Waals surface area (Å²) in [5.41, 5.74) is 0.606. The highest BCUT2D eigenvalue weighted by Crippen LogP contribution is 2.40. The van der Waals surface area contributed by atoms with E-state index in [9.17, 15) is 4.79 Å². The molecule has 1 aliphatic heterocycles. The van der Waals surface area contributed by atoms with E-state index in [4.69, 9.17) is 4.74 Å². The number of likely N-dealkylation sites (tertiary alicyclic amines) is 1. The Balaban J connectivity index is 2.41. The fraction of sp³-hybridized carbons (Fsp3) is 0.500. The van der Waals surface area contributed by atoms with Crippen molar-refractivity contribution in [3.05, 3.63) is 35.9 Å². The van der Waals surface area contributed by atoms with Gasteiger partial charge in [0.05, 0.1) is 6.04 Å². The highest BCUT2D eigenvalue weighted by atomic mass is 16.6. The lowest BCUT2D eigenvalue weighted by atomic mass is 9.87. The lowest BCUT2D eigenvalue weighted by Gasteiger charge is -2.34. The zero-order chi connectivity index (χ0) is 12.5. The molecule has 0 N–H and O–H groups in total. The van der Waals surface area contributed by atoms with Crippen LogP contribution >= 0.6 is 0 Å². The monoisotopic (exact) mass is 233 g/mol. The van der Waals surface area contributed by atoms with Gasteiger partial charge < -0.3 is 4.74 Å². The minimum absolute atomic E-state index is 0.203. The van der Waals surface area contributed by atoms with Crippen LogP contribution in [0.4, 0.5) is 0 Å². The zero-order valence-corrected chi connectivity index (χ0v) is 10.6. The molecule has 0 aromatic heterocycles. The second kappa shape index (κ2) is 4.49. The first kappa shape index (κ1) is 12.1. The van der Waals surface area contributed by atoms with Gasteiger partial charge in [0.25, 0.3) is 0 Å². The molecule has 1 aliphatic rings. The number of carbonyl (C=O) groups excluding carboxylic acids is 1. The van der Waals surface area contributed by atoms with Gasteiger partial charge in [-0.1, -0.05) is 30.3 Å². The topological polar surface area (TPSA) is 29.5 Å². The lowest BCUT2D eigenvalue weighted by molar-refractivity contribution is -0.160. The highest BCUT2D eigenvalue weighted by molar-refractivity contribution is 5.67. The first-order chi connectivity index (χ1) is 8.06. The Bertz CT molecular complexity index is 404. The van der Waals surface area contributed by atoms with Crippen LogP contribution in [0, 0.1) is 0 Å². The molecule has 1 heterocycles. The van der Waals surface area contributed by atoms with Gasteiger partial charge in [0.1, 0.15) is 0 Å². The Labute approximate surface area is 102 Å². The number of hydrogen-bond acceptors (Lipinski definition) is 3. The number of esters is 1. The van der Waals surface area contributed by atoms with Crippen molar-refractivity contribution in [2.45, 2.75) is 31.9 Å². The van der Waals surface area contributed by atoms with Gasteiger partial charge in [-0.15, -0.1) is 0 Å². The van der Waals surface area contributed by atoms with Crippen LogP contribution in [0.25, 0.3) is 0 Å². The first-order valence-electron chi connectivity index (χ1n) is 6.01. The number of carbonyl (C=O) groups is 1. The van der Waals surface area contributed by atoms with Crippen molar-refractivity contribution in [3.8, 4) is 0 Å². The Morgan fingerprint density at radius 2 is 2.06 bits per heavy atom. The molecule has 0 bridgehead atoms. The molecule has 92 valence electrons. The van der Waals surface area contributed by atoms with E-state index < -0.39 is 5.60 Å². The molecule has 1 saturated heterocycles. The number of nitrogens with zero attached hydrogens (tertiary/aromatic N) is 1. The maximum absolute atomic E-state index is 11.4. The number of rotatable bonds is 2. The van der Waals surface area contributed by atoms with Crippen LogP contribution in [-0.4, -0.2) is 30.5 Å². The molecule has 1 fully saturated rings. The van der Waals surface area contributed by atoms with Gasteiger partial charge in [0, 0.05) is 19.9 Å². The van der Waals surface area contributed by atoms with E-state index in [-0.39, 0.29) is 12.0 Å². The van der Waals surface area contributed by atoms with Crippen molar-refractivity contribution < 1.29 is 9.53 Å². The standard InChI is InChI=1S/C14H19NO2/c1-11-14(17-12(2)16,9-10-15(11)3)13-7-5-4-6-8-13/h4-8,11H,9-10H2,1-3H3/t11-,14-/m0/s1. The third-order valence-electron chi connectivity index (χ3n) is 3.76. The Hall–Kier alpha value is -1.35. The molecule has 3 nitrogen and oxygen atoms in total. The van der Waals surface area contributed by atoms with Gasteiger partial charge in [-0.2, -0.15) is 0 Å². The quantitative estimate of drug-likeness (QED) is 0.733. The Morgan fingerprint density at radius 1 is 1.41 bits per heavy atom. The predicted molar refractivity (Wildman–Crippen MR) is 66.6 cm³/mol. The maximum atomic E-state index is 11.4. The van der Waals surface area contributed by atoms with Crippen molar-refractivity contribution in [3.63, 3.8) is 0 Å². The van der Waals surface area contributed by atoms with Crippen molar-refractivity contribution in [2.75, 3.05) is 13.6 Å². The molecule has 0 aliphatic carbocycles. The molecule has 1 aromatic carbocycles. The summed E-state index contributed by atoms with van der Waals surface area (Å²) >= 11 is 0. The van der Waals surface area contributed by atoms with Crippen molar-refractivity contribution in [1.82, 2.24) is 4.90 Å².